The number of nitrogens with one attached hydrogen (secondary N) is 1. The van der Waals surface area contributed by atoms with Crippen LogP contribution in [0.2, 0.25) is 0 Å². The summed E-state index contributed by atoms with van der Waals surface area (Å²) in [5.74, 6) is -0.851. The van der Waals surface area contributed by atoms with Crippen LogP contribution in [-0.2, 0) is 22.4 Å². The molecule has 4 aromatic rings. The van der Waals surface area contributed by atoms with Gasteiger partial charge in [-0.25, -0.2) is 0 Å². The van der Waals surface area contributed by atoms with E-state index in [0.717, 1.165) is 52.0 Å². The average Bonchev–Trinajstić information content (AvgIpc) is 3.26. The number of para-hydroxylation sites is 1. The Morgan fingerprint density at radius 1 is 1.14 bits per heavy atom. The Labute approximate surface area is 209 Å². The zero-order valence-electron chi connectivity index (χ0n) is 20.5. The van der Waals surface area contributed by atoms with Crippen molar-refractivity contribution >= 4 is 40.4 Å². The van der Waals surface area contributed by atoms with Crippen molar-refractivity contribution in [3.05, 3.63) is 82.9 Å². The molecule has 5 rings (SSSR count). The summed E-state index contributed by atoms with van der Waals surface area (Å²) < 4.78 is 5.93. The fourth-order valence-corrected chi connectivity index (χ4v) is 4.79. The fraction of sp³-hybridized carbons (Fsp3) is 0.276. The molecule has 7 heteroatoms. The highest BCUT2D eigenvalue weighted by atomic mass is 16.4. The molecule has 1 amide bonds. The molecule has 184 valence electrons. The van der Waals surface area contributed by atoms with Crippen molar-refractivity contribution < 1.29 is 19.1 Å². The van der Waals surface area contributed by atoms with Crippen molar-refractivity contribution in [2.24, 2.45) is 0 Å². The van der Waals surface area contributed by atoms with Gasteiger partial charge in [0, 0.05) is 17.9 Å². The van der Waals surface area contributed by atoms with Crippen LogP contribution >= 0.6 is 0 Å². The molecule has 0 aliphatic carbocycles. The molecule has 0 saturated heterocycles. The Morgan fingerprint density at radius 2 is 1.97 bits per heavy atom. The lowest BCUT2D eigenvalue weighted by Crippen LogP contribution is -2.36. The first-order chi connectivity index (χ1) is 17.4. The number of oxazole rings is 1. The van der Waals surface area contributed by atoms with Gasteiger partial charge in [0.1, 0.15) is 5.52 Å². The molecular formula is C29H29N3O4. The molecule has 0 radical (unpaired) electrons. The first-order valence-corrected chi connectivity index (χ1v) is 12.2. The second-order valence-corrected chi connectivity index (χ2v) is 9.47. The zero-order valence-corrected chi connectivity index (χ0v) is 20.5. The number of carbonyl (C=O) groups is 2. The largest absolute Gasteiger partial charge is 0.481 e. The number of carboxylic acid groups (broad SMARTS) is 1. The third-order valence-electron chi connectivity index (χ3n) is 6.77. The van der Waals surface area contributed by atoms with Crippen LogP contribution in [0.15, 0.2) is 65.1 Å². The van der Waals surface area contributed by atoms with Crippen molar-refractivity contribution in [3.63, 3.8) is 0 Å². The maximum atomic E-state index is 13.3. The third-order valence-corrected chi connectivity index (χ3v) is 6.77. The summed E-state index contributed by atoms with van der Waals surface area (Å²) >= 11 is 0. The van der Waals surface area contributed by atoms with E-state index in [0.29, 0.717) is 18.1 Å². The quantitative estimate of drug-likeness (QED) is 0.336. The molecular weight excluding hydrogens is 454 g/mol. The number of fused-ring (bicyclic) bond motifs is 2. The van der Waals surface area contributed by atoms with Crippen LogP contribution in [0.4, 0.5) is 17.4 Å². The summed E-state index contributed by atoms with van der Waals surface area (Å²) in [6, 6.07) is 20.0. The van der Waals surface area contributed by atoms with E-state index in [9.17, 15) is 9.59 Å². The molecule has 0 bridgehead atoms. The highest BCUT2D eigenvalue weighted by molar-refractivity contribution is 5.96. The summed E-state index contributed by atoms with van der Waals surface area (Å²) in [5, 5.41) is 12.3. The standard InChI is InChI=1S/C29H29N3O4/c1-18-6-3-4-8-23(18)30-29-31-24-11-9-20(15-26(24)36-29)16-27(33)32-13-5-7-22-17-21(10-12-25(22)32)19(2)14-28(34)35/h3-4,6,8-12,15,17,19H,5,7,13-14,16H2,1-2H3,(H,30,31)(H,34,35). The highest BCUT2D eigenvalue weighted by Gasteiger charge is 2.24. The molecule has 7 nitrogen and oxygen atoms in total. The molecule has 1 aliphatic rings. The lowest BCUT2D eigenvalue weighted by Gasteiger charge is -2.30. The predicted octanol–water partition coefficient (Wildman–Crippen LogP) is 5.98. The van der Waals surface area contributed by atoms with Crippen LogP contribution < -0.4 is 10.2 Å². The molecule has 2 heterocycles. The minimum atomic E-state index is -0.807. The van der Waals surface area contributed by atoms with E-state index in [2.05, 4.69) is 16.4 Å². The first-order valence-electron chi connectivity index (χ1n) is 12.2. The highest BCUT2D eigenvalue weighted by Crippen LogP contribution is 2.32. The summed E-state index contributed by atoms with van der Waals surface area (Å²) in [5.41, 5.74) is 7.27. The molecule has 0 spiro atoms. The lowest BCUT2D eigenvalue weighted by atomic mass is 9.92. The third kappa shape index (κ3) is 4.96. The summed E-state index contributed by atoms with van der Waals surface area (Å²) in [6.07, 6.45) is 2.11. The van der Waals surface area contributed by atoms with Gasteiger partial charge in [0.05, 0.1) is 12.8 Å². The Kier molecular flexibility index (Phi) is 6.46. The van der Waals surface area contributed by atoms with Crippen LogP contribution in [-0.4, -0.2) is 28.5 Å². The summed E-state index contributed by atoms with van der Waals surface area (Å²) in [7, 11) is 0. The minimum Gasteiger partial charge on any atom is -0.481 e. The number of aryl methyl sites for hydroxylation is 2. The number of amides is 1. The van der Waals surface area contributed by atoms with Crippen molar-refractivity contribution in [1.82, 2.24) is 4.98 Å². The van der Waals surface area contributed by atoms with Gasteiger partial charge in [-0.3, -0.25) is 9.59 Å². The Hall–Kier alpha value is -4.13. The number of rotatable bonds is 7. The van der Waals surface area contributed by atoms with Gasteiger partial charge in [0.25, 0.3) is 6.01 Å². The van der Waals surface area contributed by atoms with Gasteiger partial charge in [-0.15, -0.1) is 0 Å². The smallest absolute Gasteiger partial charge is 0.303 e. The van der Waals surface area contributed by atoms with Crippen LogP contribution in [0.5, 0.6) is 0 Å². The molecule has 1 atom stereocenters. The molecule has 0 saturated carbocycles. The van der Waals surface area contributed by atoms with E-state index in [1.165, 1.54) is 0 Å². The van der Waals surface area contributed by atoms with E-state index in [-0.39, 0.29) is 24.7 Å². The average molecular weight is 484 g/mol. The number of carboxylic acids is 1. The van der Waals surface area contributed by atoms with E-state index < -0.39 is 5.97 Å². The van der Waals surface area contributed by atoms with Crippen molar-refractivity contribution in [3.8, 4) is 0 Å². The second-order valence-electron chi connectivity index (χ2n) is 9.47. The number of nitrogens with zero attached hydrogens (tertiary/aromatic N) is 2. The zero-order chi connectivity index (χ0) is 25.2. The van der Waals surface area contributed by atoms with E-state index >= 15 is 0 Å². The molecule has 0 fully saturated rings. The van der Waals surface area contributed by atoms with Gasteiger partial charge >= 0.3 is 5.97 Å². The number of aromatic nitrogens is 1. The Morgan fingerprint density at radius 3 is 2.78 bits per heavy atom. The number of anilines is 3. The van der Waals surface area contributed by atoms with Gasteiger partial charge < -0.3 is 19.7 Å². The lowest BCUT2D eigenvalue weighted by molar-refractivity contribution is -0.137. The predicted molar refractivity (Wildman–Crippen MR) is 140 cm³/mol. The van der Waals surface area contributed by atoms with E-state index in [1.54, 1.807) is 0 Å². The maximum Gasteiger partial charge on any atom is 0.303 e. The van der Waals surface area contributed by atoms with Crippen molar-refractivity contribution in [2.75, 3.05) is 16.8 Å². The first kappa shape index (κ1) is 23.6. The van der Waals surface area contributed by atoms with Gasteiger partial charge in [0.2, 0.25) is 5.91 Å². The topological polar surface area (TPSA) is 95.7 Å². The molecule has 2 N–H and O–H groups in total. The van der Waals surface area contributed by atoms with Gasteiger partial charge in [-0.2, -0.15) is 4.98 Å². The summed E-state index contributed by atoms with van der Waals surface area (Å²) in [4.78, 5) is 30.8. The number of hydrogen-bond acceptors (Lipinski definition) is 5. The summed E-state index contributed by atoms with van der Waals surface area (Å²) in [6.45, 7) is 4.61. The molecule has 3 aromatic carbocycles. The normalized spacial score (nSPS) is 13.9. The number of carbonyl (C=O) groups excluding carboxylic acids is 1. The molecule has 1 unspecified atom stereocenters. The number of hydrogen-bond donors (Lipinski definition) is 2. The second kappa shape index (κ2) is 9.85. The SMILES string of the molecule is Cc1ccccc1Nc1nc2ccc(CC(=O)N3CCCc4cc(C(C)CC(=O)O)ccc43)cc2o1. The van der Waals surface area contributed by atoms with Crippen molar-refractivity contribution in [1.29, 1.82) is 0 Å². The Bertz CT molecular complexity index is 1440. The van der Waals surface area contributed by atoms with Gasteiger partial charge in [-0.1, -0.05) is 43.3 Å². The van der Waals surface area contributed by atoms with Crippen LogP contribution in [0.3, 0.4) is 0 Å². The van der Waals surface area contributed by atoms with Crippen molar-refractivity contribution in [2.45, 2.75) is 45.4 Å². The van der Waals surface area contributed by atoms with Gasteiger partial charge in [0.15, 0.2) is 5.58 Å². The maximum absolute atomic E-state index is 13.3. The fourth-order valence-electron chi connectivity index (χ4n) is 4.79. The Balaban J connectivity index is 1.32. The van der Waals surface area contributed by atoms with E-state index in [1.807, 2.05) is 73.3 Å². The number of aliphatic carboxylic acids is 1. The van der Waals surface area contributed by atoms with Crippen LogP contribution in [0, 0.1) is 6.92 Å². The van der Waals surface area contributed by atoms with Gasteiger partial charge in [-0.05, 0) is 72.2 Å². The van der Waals surface area contributed by atoms with Crippen LogP contribution in [0.1, 0.15) is 47.9 Å². The molecule has 1 aliphatic heterocycles. The molecule has 36 heavy (non-hydrogen) atoms. The van der Waals surface area contributed by atoms with E-state index in [4.69, 9.17) is 9.52 Å². The monoisotopic (exact) mass is 483 g/mol. The molecule has 1 aromatic heterocycles. The minimum absolute atomic E-state index is 0.0272. The number of benzene rings is 3. The van der Waals surface area contributed by atoms with Crippen LogP contribution in [0.25, 0.3) is 11.1 Å².